The molecule has 1 fully saturated rings. The second kappa shape index (κ2) is 7.25. The molecular formula is C19H19BrN4O2. The minimum Gasteiger partial charge on any atom is -0.375 e. The molecule has 1 aliphatic rings. The van der Waals surface area contributed by atoms with Crippen molar-refractivity contribution >= 4 is 33.2 Å². The van der Waals surface area contributed by atoms with E-state index in [0.717, 1.165) is 39.5 Å². The standard InChI is InChI=1S/C19H19BrN4O2/c1-2-24-19-15(8-22-24)18(13-5-14(20)7-21-6-13)16(9-25)17(23-19)11-26-10-12-3-4-12/h5-9,12H,2-4,10-11H2,1H3. The van der Waals surface area contributed by atoms with Crippen LogP contribution in [0.3, 0.4) is 0 Å². The first-order valence-corrected chi connectivity index (χ1v) is 9.52. The van der Waals surface area contributed by atoms with Crippen molar-refractivity contribution in [2.75, 3.05) is 6.61 Å². The fourth-order valence-electron chi connectivity index (χ4n) is 3.09. The van der Waals surface area contributed by atoms with E-state index in [0.29, 0.717) is 30.3 Å². The molecule has 0 aliphatic heterocycles. The van der Waals surface area contributed by atoms with Gasteiger partial charge >= 0.3 is 0 Å². The zero-order valence-corrected chi connectivity index (χ0v) is 16.1. The van der Waals surface area contributed by atoms with Crippen molar-refractivity contribution in [3.8, 4) is 11.1 Å². The summed E-state index contributed by atoms with van der Waals surface area (Å²) in [7, 11) is 0. The minimum atomic E-state index is 0.323. The first-order chi connectivity index (χ1) is 12.7. The number of rotatable bonds is 7. The van der Waals surface area contributed by atoms with E-state index >= 15 is 0 Å². The predicted molar refractivity (Wildman–Crippen MR) is 102 cm³/mol. The van der Waals surface area contributed by atoms with Gasteiger partial charge in [0.2, 0.25) is 0 Å². The van der Waals surface area contributed by atoms with Crippen LogP contribution in [0.4, 0.5) is 0 Å². The molecule has 0 aromatic carbocycles. The maximum Gasteiger partial charge on any atom is 0.158 e. The molecule has 26 heavy (non-hydrogen) atoms. The topological polar surface area (TPSA) is 69.9 Å². The van der Waals surface area contributed by atoms with Crippen LogP contribution in [-0.2, 0) is 17.9 Å². The van der Waals surface area contributed by atoms with Crippen molar-refractivity contribution in [3.05, 3.63) is 40.4 Å². The van der Waals surface area contributed by atoms with E-state index in [1.807, 2.05) is 17.7 Å². The lowest BCUT2D eigenvalue weighted by atomic mass is 9.98. The van der Waals surface area contributed by atoms with Gasteiger partial charge in [-0.25, -0.2) is 9.67 Å². The zero-order chi connectivity index (χ0) is 18.1. The number of carbonyl (C=O) groups excluding carboxylic acids is 1. The lowest BCUT2D eigenvalue weighted by Gasteiger charge is -2.13. The van der Waals surface area contributed by atoms with E-state index in [1.165, 1.54) is 12.8 Å². The summed E-state index contributed by atoms with van der Waals surface area (Å²) in [6.07, 6.45) is 8.56. The molecule has 0 radical (unpaired) electrons. The summed E-state index contributed by atoms with van der Waals surface area (Å²) in [6, 6.07) is 1.95. The van der Waals surface area contributed by atoms with E-state index in [4.69, 9.17) is 9.72 Å². The number of hydrogen-bond donors (Lipinski definition) is 0. The third-order valence-corrected chi connectivity index (χ3v) is 5.04. The van der Waals surface area contributed by atoms with Crippen LogP contribution in [0.2, 0.25) is 0 Å². The summed E-state index contributed by atoms with van der Waals surface area (Å²) in [4.78, 5) is 20.9. The second-order valence-electron chi connectivity index (χ2n) is 6.51. The molecule has 0 unspecified atom stereocenters. The molecule has 0 bridgehead atoms. The van der Waals surface area contributed by atoms with Gasteiger partial charge in [-0.15, -0.1) is 0 Å². The van der Waals surface area contributed by atoms with Crippen LogP contribution in [0.15, 0.2) is 29.1 Å². The molecule has 0 N–H and O–H groups in total. The molecule has 7 heteroatoms. The lowest BCUT2D eigenvalue weighted by molar-refractivity contribution is 0.105. The van der Waals surface area contributed by atoms with Crippen LogP contribution < -0.4 is 0 Å². The molecule has 3 heterocycles. The van der Waals surface area contributed by atoms with Crippen molar-refractivity contribution in [2.24, 2.45) is 5.92 Å². The highest BCUT2D eigenvalue weighted by Crippen LogP contribution is 2.34. The average molecular weight is 415 g/mol. The maximum absolute atomic E-state index is 12.0. The Morgan fingerprint density at radius 2 is 2.19 bits per heavy atom. The number of nitrogens with zero attached hydrogens (tertiary/aromatic N) is 4. The Balaban J connectivity index is 1.88. The smallest absolute Gasteiger partial charge is 0.158 e. The second-order valence-corrected chi connectivity index (χ2v) is 7.43. The molecule has 4 rings (SSSR count). The number of pyridine rings is 2. The Hall–Kier alpha value is -2.12. The van der Waals surface area contributed by atoms with Crippen molar-refractivity contribution in [2.45, 2.75) is 32.9 Å². The number of hydrogen-bond acceptors (Lipinski definition) is 5. The third kappa shape index (κ3) is 3.29. The van der Waals surface area contributed by atoms with Crippen molar-refractivity contribution in [1.29, 1.82) is 0 Å². The molecule has 0 atom stereocenters. The molecule has 134 valence electrons. The average Bonchev–Trinajstić information content (AvgIpc) is 3.38. The van der Waals surface area contributed by atoms with E-state index < -0.39 is 0 Å². The van der Waals surface area contributed by atoms with Crippen LogP contribution >= 0.6 is 15.9 Å². The number of aryl methyl sites for hydroxylation is 1. The lowest BCUT2D eigenvalue weighted by Crippen LogP contribution is -2.07. The molecule has 6 nitrogen and oxygen atoms in total. The largest absolute Gasteiger partial charge is 0.375 e. The van der Waals surface area contributed by atoms with Gasteiger partial charge in [0.05, 0.1) is 18.5 Å². The number of fused-ring (bicyclic) bond motifs is 1. The van der Waals surface area contributed by atoms with E-state index in [9.17, 15) is 4.79 Å². The SMILES string of the molecule is CCn1ncc2c(-c3cncc(Br)c3)c(C=O)c(COCC3CC3)nc21. The fourth-order valence-corrected chi connectivity index (χ4v) is 3.45. The number of aldehydes is 1. The molecule has 1 aliphatic carbocycles. The highest BCUT2D eigenvalue weighted by molar-refractivity contribution is 9.10. The maximum atomic E-state index is 12.0. The number of aromatic nitrogens is 4. The summed E-state index contributed by atoms with van der Waals surface area (Å²) in [5, 5.41) is 5.27. The number of carbonyl (C=O) groups is 1. The van der Waals surface area contributed by atoms with E-state index in [1.54, 1.807) is 18.6 Å². The highest BCUT2D eigenvalue weighted by atomic mass is 79.9. The highest BCUT2D eigenvalue weighted by Gasteiger charge is 2.23. The fraction of sp³-hybridized carbons (Fsp3) is 0.368. The molecular weight excluding hydrogens is 396 g/mol. The van der Waals surface area contributed by atoms with Gasteiger partial charge in [0.15, 0.2) is 11.9 Å². The van der Waals surface area contributed by atoms with Gasteiger partial charge in [-0.1, -0.05) is 0 Å². The molecule has 0 amide bonds. The number of ether oxygens (including phenoxy) is 1. The number of halogens is 1. The van der Waals surface area contributed by atoms with Gasteiger partial charge in [0.25, 0.3) is 0 Å². The third-order valence-electron chi connectivity index (χ3n) is 4.60. The monoisotopic (exact) mass is 414 g/mol. The van der Waals surface area contributed by atoms with Gasteiger partial charge in [-0.3, -0.25) is 9.78 Å². The first-order valence-electron chi connectivity index (χ1n) is 8.73. The van der Waals surface area contributed by atoms with Gasteiger partial charge in [-0.05, 0) is 47.7 Å². The van der Waals surface area contributed by atoms with Gasteiger partial charge in [0.1, 0.15) is 0 Å². The van der Waals surface area contributed by atoms with Crippen LogP contribution in [-0.4, -0.2) is 32.6 Å². The molecule has 3 aromatic heterocycles. The Morgan fingerprint density at radius 3 is 2.88 bits per heavy atom. The van der Waals surface area contributed by atoms with Crippen LogP contribution in [0.5, 0.6) is 0 Å². The van der Waals surface area contributed by atoms with Crippen molar-refractivity contribution < 1.29 is 9.53 Å². The summed E-state index contributed by atoms with van der Waals surface area (Å²) < 4.78 is 8.51. The minimum absolute atomic E-state index is 0.323. The van der Waals surface area contributed by atoms with Crippen molar-refractivity contribution in [3.63, 3.8) is 0 Å². The summed E-state index contributed by atoms with van der Waals surface area (Å²) >= 11 is 3.46. The van der Waals surface area contributed by atoms with Gasteiger partial charge in [-0.2, -0.15) is 5.10 Å². The Morgan fingerprint density at radius 1 is 1.35 bits per heavy atom. The van der Waals surface area contributed by atoms with Crippen LogP contribution in [0, 0.1) is 5.92 Å². The Labute approximate surface area is 159 Å². The Bertz CT molecular complexity index is 966. The van der Waals surface area contributed by atoms with Gasteiger partial charge < -0.3 is 4.74 Å². The van der Waals surface area contributed by atoms with E-state index in [2.05, 4.69) is 26.0 Å². The normalized spacial score (nSPS) is 14.1. The summed E-state index contributed by atoms with van der Waals surface area (Å²) in [5.41, 5.74) is 3.62. The predicted octanol–water partition coefficient (Wildman–Crippen LogP) is 4.01. The summed E-state index contributed by atoms with van der Waals surface area (Å²) in [6.45, 7) is 3.77. The molecule has 1 saturated carbocycles. The quantitative estimate of drug-likeness (QED) is 0.546. The first kappa shape index (κ1) is 17.3. The van der Waals surface area contributed by atoms with Gasteiger partial charge in [0, 0.05) is 52.1 Å². The molecule has 0 saturated heterocycles. The molecule has 0 spiro atoms. The zero-order valence-electron chi connectivity index (χ0n) is 14.5. The Kier molecular flexibility index (Phi) is 4.82. The van der Waals surface area contributed by atoms with Crippen LogP contribution in [0.1, 0.15) is 35.8 Å². The van der Waals surface area contributed by atoms with Crippen LogP contribution in [0.25, 0.3) is 22.2 Å². The van der Waals surface area contributed by atoms with E-state index in [-0.39, 0.29) is 0 Å². The van der Waals surface area contributed by atoms with Crippen molar-refractivity contribution in [1.82, 2.24) is 19.7 Å². The molecule has 3 aromatic rings. The summed E-state index contributed by atoms with van der Waals surface area (Å²) in [5.74, 6) is 0.660.